The lowest BCUT2D eigenvalue weighted by molar-refractivity contribution is 0.0699. The van der Waals surface area contributed by atoms with E-state index in [4.69, 9.17) is 4.98 Å². The number of carboxylic acids is 1. The number of carboxylic acid groups (broad SMARTS) is 1. The molecule has 4 aromatic rings. The summed E-state index contributed by atoms with van der Waals surface area (Å²) in [7, 11) is 0. The van der Waals surface area contributed by atoms with Crippen LogP contribution in [0.3, 0.4) is 0 Å². The summed E-state index contributed by atoms with van der Waals surface area (Å²) in [6.45, 7) is 8.10. The van der Waals surface area contributed by atoms with Gasteiger partial charge in [-0.15, -0.1) is 0 Å². The molecule has 0 amide bonds. The average Bonchev–Trinajstić information content (AvgIpc) is 2.85. The third-order valence-electron chi connectivity index (χ3n) is 5.12. The van der Waals surface area contributed by atoms with E-state index in [0.717, 1.165) is 33.4 Å². The lowest BCUT2D eigenvalue weighted by atomic mass is 10.00. The largest absolute Gasteiger partial charge is 0.478 e. The van der Waals surface area contributed by atoms with Crippen molar-refractivity contribution in [2.75, 3.05) is 0 Å². The zero-order valence-electron chi connectivity index (χ0n) is 15.3. The van der Waals surface area contributed by atoms with Crippen LogP contribution in [-0.4, -0.2) is 20.5 Å². The molecule has 0 bridgehead atoms. The SMILES string of the molecule is Cc1cc(C)c2nc(-c3c(C)c(C)c4ccccn34)cc(C(=O)O)c2c1. The van der Waals surface area contributed by atoms with Crippen LogP contribution in [0.5, 0.6) is 0 Å². The number of carbonyl (C=O) groups is 1. The summed E-state index contributed by atoms with van der Waals surface area (Å²) in [5, 5.41) is 10.5. The van der Waals surface area contributed by atoms with Gasteiger partial charge < -0.3 is 9.51 Å². The fraction of sp³-hybridized carbons (Fsp3) is 0.182. The molecule has 4 rings (SSSR count). The molecule has 26 heavy (non-hydrogen) atoms. The van der Waals surface area contributed by atoms with Crippen molar-refractivity contribution in [3.05, 3.63) is 70.4 Å². The standard InChI is InChI=1S/C22H20N2O2/c1-12-9-13(2)20-16(10-12)17(22(25)26)11-18(23-20)21-15(4)14(3)19-7-5-6-8-24(19)21/h5-11H,1-4H3,(H,25,26). The van der Waals surface area contributed by atoms with Gasteiger partial charge in [0.05, 0.1) is 22.5 Å². The Hall–Kier alpha value is -3.14. The third kappa shape index (κ3) is 2.30. The molecule has 0 spiro atoms. The van der Waals surface area contributed by atoms with Gasteiger partial charge in [0, 0.05) is 17.1 Å². The molecular weight excluding hydrogens is 324 g/mol. The Morgan fingerprint density at radius 1 is 1.04 bits per heavy atom. The van der Waals surface area contributed by atoms with Crippen molar-refractivity contribution in [2.24, 2.45) is 0 Å². The number of rotatable bonds is 2. The van der Waals surface area contributed by atoms with Gasteiger partial charge in [-0.3, -0.25) is 0 Å². The van der Waals surface area contributed by atoms with Crippen LogP contribution in [0.2, 0.25) is 0 Å². The summed E-state index contributed by atoms with van der Waals surface area (Å²) in [4.78, 5) is 16.8. The molecule has 3 heterocycles. The molecule has 4 nitrogen and oxygen atoms in total. The second-order valence-electron chi connectivity index (χ2n) is 6.89. The number of fused-ring (bicyclic) bond motifs is 2. The average molecular weight is 344 g/mol. The van der Waals surface area contributed by atoms with Crippen LogP contribution in [0.25, 0.3) is 27.8 Å². The Morgan fingerprint density at radius 2 is 1.81 bits per heavy atom. The highest BCUT2D eigenvalue weighted by Gasteiger charge is 2.19. The Balaban J connectivity index is 2.14. The van der Waals surface area contributed by atoms with Gasteiger partial charge in [0.15, 0.2) is 0 Å². The monoisotopic (exact) mass is 344 g/mol. The number of benzene rings is 1. The van der Waals surface area contributed by atoms with E-state index in [0.29, 0.717) is 16.6 Å². The van der Waals surface area contributed by atoms with Gasteiger partial charge in [0.25, 0.3) is 0 Å². The predicted octanol–water partition coefficient (Wildman–Crippen LogP) is 5.09. The van der Waals surface area contributed by atoms with Gasteiger partial charge in [-0.1, -0.05) is 17.7 Å². The van der Waals surface area contributed by atoms with E-state index in [1.165, 1.54) is 5.56 Å². The van der Waals surface area contributed by atoms with Crippen LogP contribution in [0.4, 0.5) is 0 Å². The van der Waals surface area contributed by atoms with Crippen molar-refractivity contribution in [3.8, 4) is 11.4 Å². The van der Waals surface area contributed by atoms with Gasteiger partial charge in [0.1, 0.15) is 0 Å². The highest BCUT2D eigenvalue weighted by Crippen LogP contribution is 2.33. The Morgan fingerprint density at radius 3 is 2.54 bits per heavy atom. The van der Waals surface area contributed by atoms with Crippen molar-refractivity contribution in [2.45, 2.75) is 27.7 Å². The maximum absolute atomic E-state index is 11.9. The summed E-state index contributed by atoms with van der Waals surface area (Å²) in [6, 6.07) is 11.7. The second kappa shape index (κ2) is 5.70. The smallest absolute Gasteiger partial charge is 0.336 e. The minimum absolute atomic E-state index is 0.291. The van der Waals surface area contributed by atoms with E-state index in [1.54, 1.807) is 6.07 Å². The van der Waals surface area contributed by atoms with Crippen LogP contribution in [0, 0.1) is 27.7 Å². The second-order valence-corrected chi connectivity index (χ2v) is 6.89. The summed E-state index contributed by atoms with van der Waals surface area (Å²) < 4.78 is 2.09. The highest BCUT2D eigenvalue weighted by atomic mass is 16.4. The van der Waals surface area contributed by atoms with Gasteiger partial charge in [-0.05, 0) is 68.7 Å². The number of aromatic carboxylic acids is 1. The molecule has 0 fully saturated rings. The minimum Gasteiger partial charge on any atom is -0.478 e. The molecule has 0 unspecified atom stereocenters. The molecule has 0 radical (unpaired) electrons. The minimum atomic E-state index is -0.932. The van der Waals surface area contributed by atoms with Crippen molar-refractivity contribution in [1.82, 2.24) is 9.38 Å². The van der Waals surface area contributed by atoms with E-state index in [-0.39, 0.29) is 0 Å². The molecule has 0 aliphatic rings. The normalized spacial score (nSPS) is 11.4. The molecule has 3 aromatic heterocycles. The number of pyridine rings is 2. The number of aromatic nitrogens is 2. The number of aryl methyl sites for hydroxylation is 3. The Bertz CT molecular complexity index is 1200. The third-order valence-corrected chi connectivity index (χ3v) is 5.12. The summed E-state index contributed by atoms with van der Waals surface area (Å²) >= 11 is 0. The van der Waals surface area contributed by atoms with E-state index in [1.807, 2.05) is 44.3 Å². The van der Waals surface area contributed by atoms with Crippen molar-refractivity contribution >= 4 is 22.4 Å². The summed E-state index contributed by atoms with van der Waals surface area (Å²) in [5.74, 6) is -0.932. The summed E-state index contributed by atoms with van der Waals surface area (Å²) in [6.07, 6.45) is 2.00. The van der Waals surface area contributed by atoms with Crippen molar-refractivity contribution < 1.29 is 9.90 Å². The summed E-state index contributed by atoms with van der Waals surface area (Å²) in [5.41, 5.74) is 8.10. The van der Waals surface area contributed by atoms with Crippen LogP contribution in [-0.2, 0) is 0 Å². The molecule has 4 heteroatoms. The van der Waals surface area contributed by atoms with Gasteiger partial charge >= 0.3 is 5.97 Å². The van der Waals surface area contributed by atoms with Gasteiger partial charge in [-0.2, -0.15) is 0 Å². The number of hydrogen-bond donors (Lipinski definition) is 1. The highest BCUT2D eigenvalue weighted by molar-refractivity contribution is 6.04. The van der Waals surface area contributed by atoms with Crippen LogP contribution in [0.1, 0.15) is 32.6 Å². The first-order valence-electron chi connectivity index (χ1n) is 8.60. The van der Waals surface area contributed by atoms with Crippen molar-refractivity contribution in [3.63, 3.8) is 0 Å². The molecule has 0 atom stereocenters. The lowest BCUT2D eigenvalue weighted by Crippen LogP contribution is -2.03. The van der Waals surface area contributed by atoms with E-state index in [2.05, 4.69) is 24.3 Å². The zero-order valence-corrected chi connectivity index (χ0v) is 15.3. The zero-order chi connectivity index (χ0) is 18.6. The first kappa shape index (κ1) is 16.3. The topological polar surface area (TPSA) is 54.6 Å². The Labute approximate surface area is 151 Å². The number of nitrogens with zero attached hydrogens (tertiary/aromatic N) is 2. The molecule has 0 aliphatic heterocycles. The number of hydrogen-bond acceptors (Lipinski definition) is 2. The molecule has 0 saturated heterocycles. The first-order valence-corrected chi connectivity index (χ1v) is 8.60. The lowest BCUT2D eigenvalue weighted by Gasteiger charge is -2.11. The maximum Gasteiger partial charge on any atom is 0.336 e. The molecule has 1 N–H and O–H groups in total. The van der Waals surface area contributed by atoms with Gasteiger partial charge in [0.2, 0.25) is 0 Å². The quantitative estimate of drug-likeness (QED) is 0.551. The molecule has 0 saturated carbocycles. The molecule has 130 valence electrons. The predicted molar refractivity (Wildman–Crippen MR) is 104 cm³/mol. The fourth-order valence-electron chi connectivity index (χ4n) is 3.79. The molecule has 0 aliphatic carbocycles. The van der Waals surface area contributed by atoms with E-state index in [9.17, 15) is 9.90 Å². The van der Waals surface area contributed by atoms with Gasteiger partial charge in [-0.25, -0.2) is 9.78 Å². The first-order chi connectivity index (χ1) is 12.4. The van der Waals surface area contributed by atoms with Crippen molar-refractivity contribution in [1.29, 1.82) is 0 Å². The van der Waals surface area contributed by atoms with E-state index >= 15 is 0 Å². The Kier molecular flexibility index (Phi) is 3.58. The molecular formula is C22H20N2O2. The van der Waals surface area contributed by atoms with Crippen LogP contribution >= 0.6 is 0 Å². The molecule has 1 aromatic carbocycles. The fourth-order valence-corrected chi connectivity index (χ4v) is 3.79. The van der Waals surface area contributed by atoms with E-state index < -0.39 is 5.97 Å². The maximum atomic E-state index is 11.9. The van der Waals surface area contributed by atoms with Crippen LogP contribution < -0.4 is 0 Å². The van der Waals surface area contributed by atoms with Crippen LogP contribution in [0.15, 0.2) is 42.6 Å².